The number of hydrogen-bond acceptors (Lipinski definition) is 4. The zero-order valence-corrected chi connectivity index (χ0v) is 12.9. The van der Waals surface area contributed by atoms with Gasteiger partial charge in [-0.2, -0.15) is 0 Å². The van der Waals surface area contributed by atoms with Gasteiger partial charge >= 0.3 is 29.6 Å². The molecule has 0 saturated carbocycles. The number of rotatable bonds is 8. The molecular formula is C9H18NNaO2S2. The van der Waals surface area contributed by atoms with Gasteiger partial charge in [0.15, 0.2) is 0 Å². The largest absolute Gasteiger partial charge is 1.00 e. The van der Waals surface area contributed by atoms with Crippen molar-refractivity contribution in [2.75, 3.05) is 26.3 Å². The Bertz CT molecular complexity index is 151. The average molecular weight is 259 g/mol. The first kappa shape index (κ1) is 18.4. The molecule has 0 rings (SSSR count). The van der Waals surface area contributed by atoms with Gasteiger partial charge < -0.3 is 40.0 Å². The summed E-state index contributed by atoms with van der Waals surface area (Å²) in [4.78, 5) is 1.95. The fourth-order valence-corrected chi connectivity index (χ4v) is 1.49. The van der Waals surface area contributed by atoms with Crippen LogP contribution >= 0.6 is 12.2 Å². The third-order valence-corrected chi connectivity index (χ3v) is 2.45. The van der Waals surface area contributed by atoms with Crippen molar-refractivity contribution in [3.8, 4) is 0 Å². The fourth-order valence-electron chi connectivity index (χ4n) is 1.12. The zero-order chi connectivity index (χ0) is 10.8. The van der Waals surface area contributed by atoms with Gasteiger partial charge in [-0.1, -0.05) is 4.32 Å². The summed E-state index contributed by atoms with van der Waals surface area (Å²) in [5, 5.41) is 17.2. The second-order valence-electron chi connectivity index (χ2n) is 3.11. The Morgan fingerprint density at radius 1 is 1.00 bits per heavy atom. The van der Waals surface area contributed by atoms with Gasteiger partial charge in [0.05, 0.1) is 0 Å². The van der Waals surface area contributed by atoms with E-state index in [0.717, 1.165) is 38.8 Å². The Labute approximate surface area is 125 Å². The SMILES string of the molecule is OCCCCN(CCCCO)C(=S)[S-].[Na+]. The van der Waals surface area contributed by atoms with Crippen LogP contribution in [0.2, 0.25) is 0 Å². The van der Waals surface area contributed by atoms with E-state index < -0.39 is 0 Å². The average Bonchev–Trinajstić information content (AvgIpc) is 2.15. The summed E-state index contributed by atoms with van der Waals surface area (Å²) in [6.07, 6.45) is 3.39. The Morgan fingerprint density at radius 3 is 1.67 bits per heavy atom. The van der Waals surface area contributed by atoms with Crippen molar-refractivity contribution in [1.29, 1.82) is 0 Å². The third kappa shape index (κ3) is 11.3. The second kappa shape index (κ2) is 13.1. The molecule has 2 N–H and O–H groups in total. The molecule has 15 heavy (non-hydrogen) atoms. The predicted octanol–water partition coefficient (Wildman–Crippen LogP) is -2.33. The Hall–Kier alpha value is 1.03. The van der Waals surface area contributed by atoms with E-state index in [-0.39, 0.29) is 42.8 Å². The number of unbranched alkanes of at least 4 members (excludes halogenated alkanes) is 2. The summed E-state index contributed by atoms with van der Waals surface area (Å²) in [6, 6.07) is 0. The molecule has 0 unspecified atom stereocenters. The van der Waals surface area contributed by atoms with Crippen molar-refractivity contribution in [3.05, 3.63) is 0 Å². The van der Waals surface area contributed by atoms with Crippen molar-refractivity contribution in [3.63, 3.8) is 0 Å². The smallest absolute Gasteiger partial charge is 0.411 e. The number of aliphatic hydroxyl groups is 2. The van der Waals surface area contributed by atoms with Crippen LogP contribution in [0.25, 0.3) is 0 Å². The standard InChI is InChI=1S/C9H19NO2S2.Na/c11-7-3-1-5-10(9(13)14)6-2-4-8-12;/h11-12H,1-8H2,(H,13,14);/q;+1/p-1. The maximum absolute atomic E-state index is 8.62. The van der Waals surface area contributed by atoms with Crippen LogP contribution in [0.4, 0.5) is 0 Å². The van der Waals surface area contributed by atoms with Crippen molar-refractivity contribution >= 4 is 29.2 Å². The van der Waals surface area contributed by atoms with Crippen LogP contribution in [0.3, 0.4) is 0 Å². The van der Waals surface area contributed by atoms with Gasteiger partial charge in [0.2, 0.25) is 0 Å². The van der Waals surface area contributed by atoms with Gasteiger partial charge in [-0.3, -0.25) is 0 Å². The molecule has 0 spiro atoms. The summed E-state index contributed by atoms with van der Waals surface area (Å²) >= 11 is 9.86. The monoisotopic (exact) mass is 259 g/mol. The molecule has 6 heteroatoms. The van der Waals surface area contributed by atoms with Crippen LogP contribution in [0.5, 0.6) is 0 Å². The van der Waals surface area contributed by atoms with Crippen molar-refractivity contribution in [1.82, 2.24) is 4.90 Å². The molecule has 84 valence electrons. The number of hydrogen-bond donors (Lipinski definition) is 2. The van der Waals surface area contributed by atoms with E-state index in [9.17, 15) is 0 Å². The van der Waals surface area contributed by atoms with Gasteiger partial charge in [0, 0.05) is 26.3 Å². The van der Waals surface area contributed by atoms with Gasteiger partial charge in [0.1, 0.15) is 0 Å². The molecule has 0 bridgehead atoms. The molecule has 0 heterocycles. The van der Waals surface area contributed by atoms with E-state index in [1.165, 1.54) is 0 Å². The van der Waals surface area contributed by atoms with Crippen LogP contribution < -0.4 is 29.6 Å². The first-order valence-electron chi connectivity index (χ1n) is 4.90. The molecule has 0 saturated heterocycles. The molecule has 0 atom stereocenters. The van der Waals surface area contributed by atoms with E-state index in [4.69, 9.17) is 35.1 Å². The number of thiocarbonyl (C=S) groups is 1. The number of nitrogens with zero attached hydrogens (tertiary/aromatic N) is 1. The maximum atomic E-state index is 8.62. The molecule has 0 amide bonds. The summed E-state index contributed by atoms with van der Waals surface area (Å²) in [6.45, 7) is 2.06. The molecule has 0 aliphatic rings. The van der Waals surface area contributed by atoms with Gasteiger partial charge in [-0.05, 0) is 25.7 Å². The quantitative estimate of drug-likeness (QED) is 0.222. The van der Waals surface area contributed by atoms with Gasteiger partial charge in [0.25, 0.3) is 0 Å². The normalized spacial score (nSPS) is 9.47. The summed E-state index contributed by atoms with van der Waals surface area (Å²) in [5.41, 5.74) is 0. The maximum Gasteiger partial charge on any atom is 1.00 e. The van der Waals surface area contributed by atoms with Crippen LogP contribution in [0, 0.1) is 0 Å². The topological polar surface area (TPSA) is 43.7 Å². The van der Waals surface area contributed by atoms with Crippen LogP contribution in [-0.2, 0) is 12.6 Å². The first-order valence-corrected chi connectivity index (χ1v) is 5.71. The van der Waals surface area contributed by atoms with E-state index in [0.29, 0.717) is 4.32 Å². The second-order valence-corrected chi connectivity index (χ2v) is 4.15. The van der Waals surface area contributed by atoms with Crippen molar-refractivity contribution in [2.45, 2.75) is 25.7 Å². The minimum atomic E-state index is 0. The Kier molecular flexibility index (Phi) is 16.1. The molecule has 0 fully saturated rings. The zero-order valence-electron chi connectivity index (χ0n) is 9.31. The van der Waals surface area contributed by atoms with Crippen molar-refractivity contribution < 1.29 is 39.8 Å². The minimum Gasteiger partial charge on any atom is -0.411 e. The summed E-state index contributed by atoms with van der Waals surface area (Å²) in [7, 11) is 0. The van der Waals surface area contributed by atoms with Gasteiger partial charge in [-0.15, -0.1) is 0 Å². The molecule has 0 aliphatic heterocycles. The van der Waals surface area contributed by atoms with E-state index in [1.807, 2.05) is 4.90 Å². The molecule has 0 aromatic heterocycles. The van der Waals surface area contributed by atoms with Gasteiger partial charge in [-0.25, -0.2) is 0 Å². The van der Waals surface area contributed by atoms with Crippen LogP contribution in [0.15, 0.2) is 0 Å². The van der Waals surface area contributed by atoms with E-state index in [1.54, 1.807) is 0 Å². The Balaban J connectivity index is 0. The Morgan fingerprint density at radius 2 is 1.40 bits per heavy atom. The molecule has 0 aromatic carbocycles. The first-order chi connectivity index (χ1) is 6.72. The predicted molar refractivity (Wildman–Crippen MR) is 64.2 cm³/mol. The summed E-state index contributed by atoms with van der Waals surface area (Å²) in [5.74, 6) is 0. The third-order valence-electron chi connectivity index (χ3n) is 1.93. The minimum absolute atomic E-state index is 0. The van der Waals surface area contributed by atoms with Crippen LogP contribution in [-0.4, -0.2) is 45.7 Å². The molecule has 0 aliphatic carbocycles. The number of aliphatic hydroxyl groups excluding tert-OH is 2. The van der Waals surface area contributed by atoms with Crippen molar-refractivity contribution in [2.24, 2.45) is 0 Å². The van der Waals surface area contributed by atoms with Crippen LogP contribution in [0.1, 0.15) is 25.7 Å². The fraction of sp³-hybridized carbons (Fsp3) is 0.889. The summed E-state index contributed by atoms with van der Waals surface area (Å²) < 4.78 is 0.487. The molecule has 3 nitrogen and oxygen atoms in total. The molecule has 0 radical (unpaired) electrons. The van der Waals surface area contributed by atoms with E-state index >= 15 is 0 Å². The molecular weight excluding hydrogens is 241 g/mol. The van der Waals surface area contributed by atoms with E-state index in [2.05, 4.69) is 0 Å². The molecule has 0 aromatic rings.